The minimum absolute atomic E-state index is 0.00400. The summed E-state index contributed by atoms with van der Waals surface area (Å²) in [6, 6.07) is 7.98. The number of nitrogens with zero attached hydrogens (tertiary/aromatic N) is 4. The van der Waals surface area contributed by atoms with Crippen LogP contribution in [0, 0.1) is 5.41 Å². The largest absolute Gasteiger partial charge is 0.351 e. The summed E-state index contributed by atoms with van der Waals surface area (Å²) in [6.07, 6.45) is 5.70. The highest BCUT2D eigenvalue weighted by molar-refractivity contribution is 7.14. The van der Waals surface area contributed by atoms with Crippen molar-refractivity contribution in [2.24, 2.45) is 5.41 Å². The number of carbonyl (C=O) groups excluding carboxylic acids is 2. The van der Waals surface area contributed by atoms with E-state index in [1.165, 1.54) is 4.88 Å². The highest BCUT2D eigenvalue weighted by Gasteiger charge is 2.47. The molecular formula is C22H27N5O2S. The van der Waals surface area contributed by atoms with E-state index >= 15 is 0 Å². The highest BCUT2D eigenvalue weighted by atomic mass is 32.1. The smallest absolute Gasteiger partial charge is 0.261 e. The number of aromatic nitrogens is 2. The molecule has 0 unspecified atom stereocenters. The molecule has 3 aliphatic rings. The van der Waals surface area contributed by atoms with Crippen molar-refractivity contribution in [2.45, 2.75) is 44.6 Å². The van der Waals surface area contributed by atoms with Crippen molar-refractivity contribution in [3.63, 3.8) is 0 Å². The third kappa shape index (κ3) is 3.80. The summed E-state index contributed by atoms with van der Waals surface area (Å²) >= 11 is 1.60. The van der Waals surface area contributed by atoms with Crippen molar-refractivity contribution >= 4 is 29.0 Å². The molecule has 30 heavy (non-hydrogen) atoms. The van der Waals surface area contributed by atoms with Crippen LogP contribution in [0.15, 0.2) is 30.5 Å². The molecule has 0 spiro atoms. The van der Waals surface area contributed by atoms with E-state index in [1.54, 1.807) is 17.5 Å². The summed E-state index contributed by atoms with van der Waals surface area (Å²) in [5.74, 6) is 1.64. The number of carbonyl (C=O) groups is 2. The van der Waals surface area contributed by atoms with Gasteiger partial charge in [-0.05, 0) is 55.9 Å². The predicted octanol–water partition coefficient (Wildman–Crippen LogP) is 2.66. The van der Waals surface area contributed by atoms with E-state index in [0.717, 1.165) is 62.6 Å². The Labute approximate surface area is 180 Å². The lowest BCUT2D eigenvalue weighted by atomic mass is 9.94. The Kier molecular flexibility index (Phi) is 4.97. The normalized spacial score (nSPS) is 21.2. The van der Waals surface area contributed by atoms with E-state index in [9.17, 15) is 9.59 Å². The lowest BCUT2D eigenvalue weighted by molar-refractivity contribution is -0.137. The third-order valence-corrected chi connectivity index (χ3v) is 7.90. The molecule has 2 aromatic heterocycles. The van der Waals surface area contributed by atoms with E-state index in [4.69, 9.17) is 0 Å². The summed E-state index contributed by atoms with van der Waals surface area (Å²) in [4.78, 5) is 31.4. The molecule has 1 saturated carbocycles. The molecule has 2 aromatic rings. The second-order valence-corrected chi connectivity index (χ2v) is 10.1. The van der Waals surface area contributed by atoms with Gasteiger partial charge in [0.15, 0.2) is 5.82 Å². The topological polar surface area (TPSA) is 78.4 Å². The summed E-state index contributed by atoms with van der Waals surface area (Å²) in [6.45, 7) is 5.26. The molecular weight excluding hydrogens is 398 g/mol. The van der Waals surface area contributed by atoms with Gasteiger partial charge in [-0.3, -0.25) is 9.59 Å². The quantitative estimate of drug-likeness (QED) is 0.797. The second-order valence-electron chi connectivity index (χ2n) is 8.99. The fraction of sp³-hybridized carbons (Fsp3) is 0.545. The van der Waals surface area contributed by atoms with Gasteiger partial charge in [-0.25, -0.2) is 0 Å². The van der Waals surface area contributed by atoms with Crippen LogP contribution in [0.4, 0.5) is 5.82 Å². The van der Waals surface area contributed by atoms with Gasteiger partial charge in [0.1, 0.15) is 0 Å². The number of amides is 2. The van der Waals surface area contributed by atoms with Gasteiger partial charge >= 0.3 is 0 Å². The first-order valence-electron chi connectivity index (χ1n) is 10.7. The van der Waals surface area contributed by atoms with Crippen LogP contribution in [-0.2, 0) is 4.79 Å². The first-order chi connectivity index (χ1) is 14.5. The Hall–Kier alpha value is -2.48. The van der Waals surface area contributed by atoms with Crippen LogP contribution in [0.1, 0.15) is 53.1 Å². The summed E-state index contributed by atoms with van der Waals surface area (Å²) in [7, 11) is 0. The monoisotopic (exact) mass is 425 g/mol. The maximum Gasteiger partial charge on any atom is 0.261 e. The van der Waals surface area contributed by atoms with Crippen LogP contribution in [0.3, 0.4) is 0 Å². The van der Waals surface area contributed by atoms with Gasteiger partial charge in [-0.2, -0.15) is 5.10 Å². The van der Waals surface area contributed by atoms with Crippen molar-refractivity contribution in [3.8, 4) is 0 Å². The molecule has 5 rings (SSSR count). The molecule has 1 aliphatic carbocycles. The first-order valence-corrected chi connectivity index (χ1v) is 11.6. The lowest BCUT2D eigenvalue weighted by Crippen LogP contribution is -2.59. The Morgan fingerprint density at radius 2 is 1.93 bits per heavy atom. The molecule has 0 radical (unpaired) electrons. The number of nitrogens with one attached hydrogen (secondary N) is 1. The van der Waals surface area contributed by atoms with Gasteiger partial charge in [0, 0.05) is 42.7 Å². The fourth-order valence-corrected chi connectivity index (χ4v) is 5.40. The van der Waals surface area contributed by atoms with Crippen LogP contribution >= 0.6 is 11.3 Å². The van der Waals surface area contributed by atoms with Crippen molar-refractivity contribution in [2.75, 3.05) is 31.1 Å². The molecule has 2 aliphatic heterocycles. The minimum atomic E-state index is -0.0782. The van der Waals surface area contributed by atoms with Gasteiger partial charge in [-0.15, -0.1) is 16.4 Å². The zero-order valence-corrected chi connectivity index (χ0v) is 18.0. The molecule has 0 aromatic carbocycles. The molecule has 3 fully saturated rings. The van der Waals surface area contributed by atoms with Gasteiger partial charge in [0.25, 0.3) is 5.91 Å². The van der Waals surface area contributed by atoms with Gasteiger partial charge in [0.2, 0.25) is 5.91 Å². The molecule has 0 atom stereocenters. The number of thiophene rings is 1. The summed E-state index contributed by atoms with van der Waals surface area (Å²) < 4.78 is 0. The van der Waals surface area contributed by atoms with Crippen molar-refractivity contribution in [1.29, 1.82) is 0 Å². The Bertz CT molecular complexity index is 928. The highest BCUT2D eigenvalue weighted by Crippen LogP contribution is 2.47. The van der Waals surface area contributed by atoms with Crippen molar-refractivity contribution < 1.29 is 9.59 Å². The minimum Gasteiger partial charge on any atom is -0.351 e. The standard InChI is InChI=1S/C22H27N5O2S/c1-22(8-9-22)21(29)26-11-6-15(7-12-26)17-4-5-18(30-17)20(28)24-16-13-27(14-16)19-3-2-10-23-25-19/h2-5,10,15-16H,6-9,11-14H2,1H3,(H,24,28). The van der Waals surface area contributed by atoms with E-state index in [-0.39, 0.29) is 17.4 Å². The molecule has 1 N–H and O–H groups in total. The van der Waals surface area contributed by atoms with Crippen LogP contribution in [-0.4, -0.2) is 59.1 Å². The van der Waals surface area contributed by atoms with Crippen LogP contribution in [0.2, 0.25) is 0 Å². The SMILES string of the molecule is CC1(C(=O)N2CCC(c3ccc(C(=O)NC4CN(c5cccnn5)C4)s3)CC2)CC1. The maximum atomic E-state index is 12.6. The van der Waals surface area contributed by atoms with Crippen LogP contribution < -0.4 is 10.2 Å². The number of rotatable bonds is 5. The molecule has 2 saturated heterocycles. The van der Waals surface area contributed by atoms with E-state index in [2.05, 4.69) is 33.4 Å². The van der Waals surface area contributed by atoms with E-state index in [0.29, 0.717) is 11.8 Å². The third-order valence-electron chi connectivity index (χ3n) is 6.65. The predicted molar refractivity (Wildman–Crippen MR) is 116 cm³/mol. The molecule has 0 bridgehead atoms. The summed E-state index contributed by atoms with van der Waals surface area (Å²) in [5.41, 5.74) is -0.0782. The number of likely N-dealkylation sites (tertiary alicyclic amines) is 1. The average Bonchev–Trinajstić information content (AvgIpc) is 3.30. The van der Waals surface area contributed by atoms with Crippen LogP contribution in [0.5, 0.6) is 0 Å². The molecule has 7 nitrogen and oxygen atoms in total. The molecule has 2 amide bonds. The van der Waals surface area contributed by atoms with E-state index in [1.807, 2.05) is 23.1 Å². The number of hydrogen-bond acceptors (Lipinski definition) is 6. The number of hydrogen-bond donors (Lipinski definition) is 1. The Morgan fingerprint density at radius 1 is 1.17 bits per heavy atom. The molecule has 8 heteroatoms. The van der Waals surface area contributed by atoms with Crippen molar-refractivity contribution in [3.05, 3.63) is 40.2 Å². The number of anilines is 1. The van der Waals surface area contributed by atoms with E-state index < -0.39 is 0 Å². The Balaban J connectivity index is 1.11. The zero-order valence-electron chi connectivity index (χ0n) is 17.2. The second kappa shape index (κ2) is 7.65. The van der Waals surface area contributed by atoms with Crippen LogP contribution in [0.25, 0.3) is 0 Å². The Morgan fingerprint density at radius 3 is 2.60 bits per heavy atom. The van der Waals surface area contributed by atoms with Gasteiger partial charge in [0.05, 0.1) is 10.9 Å². The first kappa shape index (κ1) is 19.5. The molecule has 4 heterocycles. The van der Waals surface area contributed by atoms with Gasteiger partial charge < -0.3 is 15.1 Å². The average molecular weight is 426 g/mol. The van der Waals surface area contributed by atoms with Gasteiger partial charge in [-0.1, -0.05) is 6.92 Å². The summed E-state index contributed by atoms with van der Waals surface area (Å²) in [5, 5.41) is 11.1. The zero-order chi connectivity index (χ0) is 20.7. The fourth-order valence-electron chi connectivity index (χ4n) is 4.32. The molecule has 158 valence electrons. The maximum absolute atomic E-state index is 12.6. The number of piperidine rings is 1. The lowest BCUT2D eigenvalue weighted by Gasteiger charge is -2.39. The van der Waals surface area contributed by atoms with Crippen molar-refractivity contribution in [1.82, 2.24) is 20.4 Å².